The number of nitrogen functional groups attached to an aromatic ring is 1. The van der Waals surface area contributed by atoms with Crippen molar-refractivity contribution in [1.82, 2.24) is 0 Å². The Kier molecular flexibility index (Phi) is 2.88. The van der Waals surface area contributed by atoms with E-state index >= 15 is 0 Å². The molecule has 1 heterocycles. The molecule has 4 nitrogen and oxygen atoms in total. The number of hydrogen-bond acceptors (Lipinski definition) is 5. The largest absolute Gasteiger partial charge is 0.465 e. The monoisotopic (exact) mass is 196 g/mol. The van der Waals surface area contributed by atoms with Crippen LogP contribution >= 0.6 is 11.3 Å². The SMILES string of the molecule is COC(=O)c1cc(CC#N)c(N)s1. The van der Waals surface area contributed by atoms with Gasteiger partial charge in [-0.3, -0.25) is 0 Å². The van der Waals surface area contributed by atoms with Gasteiger partial charge in [0, 0.05) is 5.56 Å². The highest BCUT2D eigenvalue weighted by Gasteiger charge is 2.12. The number of thiophene rings is 1. The average Bonchev–Trinajstić information content (AvgIpc) is 2.47. The molecule has 0 unspecified atom stereocenters. The van der Waals surface area contributed by atoms with Gasteiger partial charge in [-0.15, -0.1) is 11.3 Å². The Hall–Kier alpha value is -1.54. The van der Waals surface area contributed by atoms with Crippen LogP contribution < -0.4 is 5.73 Å². The predicted molar refractivity (Wildman–Crippen MR) is 49.4 cm³/mol. The van der Waals surface area contributed by atoms with E-state index < -0.39 is 5.97 Å². The molecule has 0 saturated carbocycles. The number of anilines is 1. The second-order valence-corrected chi connectivity index (χ2v) is 3.41. The molecule has 0 aliphatic rings. The smallest absolute Gasteiger partial charge is 0.348 e. The van der Waals surface area contributed by atoms with Gasteiger partial charge in [0.1, 0.15) is 4.88 Å². The van der Waals surface area contributed by atoms with E-state index in [-0.39, 0.29) is 6.42 Å². The molecule has 0 spiro atoms. The van der Waals surface area contributed by atoms with Gasteiger partial charge in [-0.1, -0.05) is 0 Å². The van der Waals surface area contributed by atoms with Crippen LogP contribution in [-0.2, 0) is 11.2 Å². The first-order valence-electron chi connectivity index (χ1n) is 3.52. The molecule has 1 rings (SSSR count). The summed E-state index contributed by atoms with van der Waals surface area (Å²) in [6.07, 6.45) is 0.222. The van der Waals surface area contributed by atoms with Gasteiger partial charge in [0.15, 0.2) is 0 Å². The first-order valence-corrected chi connectivity index (χ1v) is 4.34. The van der Waals surface area contributed by atoms with Crippen molar-refractivity contribution >= 4 is 22.3 Å². The highest BCUT2D eigenvalue weighted by atomic mass is 32.1. The van der Waals surface area contributed by atoms with Crippen LogP contribution in [0.3, 0.4) is 0 Å². The van der Waals surface area contributed by atoms with Gasteiger partial charge in [-0.2, -0.15) is 5.26 Å². The van der Waals surface area contributed by atoms with Crippen LogP contribution in [0, 0.1) is 11.3 Å². The number of nitriles is 1. The van der Waals surface area contributed by atoms with Crippen molar-refractivity contribution in [3.8, 4) is 6.07 Å². The van der Waals surface area contributed by atoms with Crippen molar-refractivity contribution in [2.45, 2.75) is 6.42 Å². The molecule has 0 saturated heterocycles. The normalized spacial score (nSPS) is 9.23. The number of carbonyl (C=O) groups is 1. The standard InChI is InChI=1S/C8H8N2O2S/c1-12-8(11)6-4-5(2-3-9)7(10)13-6/h4H,2,10H2,1H3. The molecule has 0 radical (unpaired) electrons. The summed E-state index contributed by atoms with van der Waals surface area (Å²) in [5.41, 5.74) is 6.27. The molecule has 2 N–H and O–H groups in total. The minimum Gasteiger partial charge on any atom is -0.465 e. The minimum absolute atomic E-state index is 0.222. The van der Waals surface area contributed by atoms with Crippen LogP contribution in [0.25, 0.3) is 0 Å². The number of nitrogens with zero attached hydrogens (tertiary/aromatic N) is 1. The van der Waals surface area contributed by atoms with Crippen LogP contribution in [0.4, 0.5) is 5.00 Å². The van der Waals surface area contributed by atoms with Gasteiger partial charge < -0.3 is 10.5 Å². The number of nitrogens with two attached hydrogens (primary N) is 1. The van der Waals surface area contributed by atoms with E-state index in [1.165, 1.54) is 7.11 Å². The molecule has 5 heteroatoms. The first kappa shape index (κ1) is 9.55. The maximum Gasteiger partial charge on any atom is 0.348 e. The lowest BCUT2D eigenvalue weighted by Gasteiger charge is -1.90. The van der Waals surface area contributed by atoms with Crippen molar-refractivity contribution in [2.75, 3.05) is 12.8 Å². The van der Waals surface area contributed by atoms with Gasteiger partial charge in [-0.05, 0) is 6.07 Å². The molecular weight excluding hydrogens is 188 g/mol. The zero-order valence-electron chi connectivity index (χ0n) is 7.03. The summed E-state index contributed by atoms with van der Waals surface area (Å²) in [5.74, 6) is -0.416. The molecule has 0 aliphatic heterocycles. The van der Waals surface area contributed by atoms with Crippen LogP contribution in [0.2, 0.25) is 0 Å². The maximum atomic E-state index is 11.0. The second kappa shape index (κ2) is 3.92. The van der Waals surface area contributed by atoms with E-state index in [2.05, 4.69) is 4.74 Å². The summed E-state index contributed by atoms with van der Waals surface area (Å²) < 4.78 is 4.52. The molecular formula is C8H8N2O2S. The van der Waals surface area contributed by atoms with Crippen molar-refractivity contribution in [3.63, 3.8) is 0 Å². The summed E-state index contributed by atoms with van der Waals surface area (Å²) in [5, 5.41) is 8.93. The fraction of sp³-hybridized carbons (Fsp3) is 0.250. The quantitative estimate of drug-likeness (QED) is 0.720. The van der Waals surface area contributed by atoms with Gasteiger partial charge in [0.05, 0.1) is 24.6 Å². The topological polar surface area (TPSA) is 76.1 Å². The Bertz CT molecular complexity index is 365. The van der Waals surface area contributed by atoms with Crippen molar-refractivity contribution in [3.05, 3.63) is 16.5 Å². The summed E-state index contributed by atoms with van der Waals surface area (Å²) in [6.45, 7) is 0. The molecule has 0 bridgehead atoms. The Balaban J connectivity index is 2.96. The van der Waals surface area contributed by atoms with Crippen molar-refractivity contribution in [1.29, 1.82) is 5.26 Å². The fourth-order valence-corrected chi connectivity index (χ4v) is 1.73. The number of ether oxygens (including phenoxy) is 1. The van der Waals surface area contributed by atoms with Crippen molar-refractivity contribution in [2.24, 2.45) is 0 Å². The molecule has 0 atom stereocenters. The summed E-state index contributed by atoms with van der Waals surface area (Å²) >= 11 is 1.14. The van der Waals surface area contributed by atoms with Gasteiger partial charge in [0.25, 0.3) is 0 Å². The molecule has 0 aromatic carbocycles. The summed E-state index contributed by atoms with van der Waals surface area (Å²) in [6, 6.07) is 3.56. The molecule has 0 fully saturated rings. The number of rotatable bonds is 2. The molecule has 1 aromatic rings. The lowest BCUT2D eigenvalue weighted by Crippen LogP contribution is -1.97. The molecule has 68 valence electrons. The lowest BCUT2D eigenvalue weighted by molar-refractivity contribution is 0.0606. The molecule has 0 aliphatic carbocycles. The minimum atomic E-state index is -0.416. The third-order valence-electron chi connectivity index (χ3n) is 1.50. The van der Waals surface area contributed by atoms with Crippen LogP contribution in [-0.4, -0.2) is 13.1 Å². The average molecular weight is 196 g/mol. The van der Waals surface area contributed by atoms with Crippen molar-refractivity contribution < 1.29 is 9.53 Å². The van der Waals surface area contributed by atoms with Crippen LogP contribution in [0.15, 0.2) is 6.07 Å². The van der Waals surface area contributed by atoms with E-state index in [4.69, 9.17) is 11.0 Å². The fourth-order valence-electron chi connectivity index (χ4n) is 0.867. The lowest BCUT2D eigenvalue weighted by atomic mass is 10.2. The van der Waals surface area contributed by atoms with E-state index in [9.17, 15) is 4.79 Å². The zero-order chi connectivity index (χ0) is 9.84. The number of carbonyl (C=O) groups excluding carboxylic acids is 1. The predicted octanol–water partition coefficient (Wildman–Crippen LogP) is 1.18. The highest BCUT2D eigenvalue weighted by Crippen LogP contribution is 2.25. The number of esters is 1. The second-order valence-electron chi connectivity index (χ2n) is 2.33. The van der Waals surface area contributed by atoms with Gasteiger partial charge in [-0.25, -0.2) is 4.79 Å². The number of methoxy groups -OCH3 is 1. The highest BCUT2D eigenvalue weighted by molar-refractivity contribution is 7.17. The van der Waals surface area contributed by atoms with Crippen LogP contribution in [0.5, 0.6) is 0 Å². The van der Waals surface area contributed by atoms with Crippen LogP contribution in [0.1, 0.15) is 15.2 Å². The Labute approximate surface area is 79.5 Å². The van der Waals surface area contributed by atoms with E-state index in [0.717, 1.165) is 11.3 Å². The number of hydrogen-bond donors (Lipinski definition) is 1. The molecule has 0 amide bonds. The third kappa shape index (κ3) is 1.98. The van der Waals surface area contributed by atoms with Gasteiger partial charge >= 0.3 is 5.97 Å². The summed E-state index contributed by atoms with van der Waals surface area (Å²) in [7, 11) is 1.31. The Morgan fingerprint density at radius 2 is 2.54 bits per heavy atom. The Morgan fingerprint density at radius 1 is 1.85 bits per heavy atom. The Morgan fingerprint density at radius 3 is 3.08 bits per heavy atom. The molecule has 1 aromatic heterocycles. The van der Waals surface area contributed by atoms with E-state index in [1.807, 2.05) is 6.07 Å². The molecule has 13 heavy (non-hydrogen) atoms. The zero-order valence-corrected chi connectivity index (χ0v) is 7.85. The third-order valence-corrected chi connectivity index (χ3v) is 2.48. The summed E-state index contributed by atoms with van der Waals surface area (Å²) in [4.78, 5) is 11.5. The van der Waals surface area contributed by atoms with E-state index in [1.54, 1.807) is 6.07 Å². The maximum absolute atomic E-state index is 11.0. The first-order chi connectivity index (χ1) is 6.19. The van der Waals surface area contributed by atoms with Gasteiger partial charge in [0.2, 0.25) is 0 Å². The van der Waals surface area contributed by atoms with E-state index in [0.29, 0.717) is 15.4 Å².